The number of aryl methyl sites for hydroxylation is 1. The second-order valence-electron chi connectivity index (χ2n) is 6.86. The predicted octanol–water partition coefficient (Wildman–Crippen LogP) is 4.93. The van der Waals surface area contributed by atoms with Crippen LogP contribution in [-0.2, 0) is 11.2 Å². The summed E-state index contributed by atoms with van der Waals surface area (Å²) < 4.78 is 10.5. The Balaban J connectivity index is 1.68. The summed E-state index contributed by atoms with van der Waals surface area (Å²) in [6.45, 7) is 4.20. The maximum atomic E-state index is 12.4. The van der Waals surface area contributed by atoms with Gasteiger partial charge in [-0.2, -0.15) is 0 Å². The highest BCUT2D eigenvalue weighted by atomic mass is 35.5. The lowest BCUT2D eigenvalue weighted by molar-refractivity contribution is -0.116. The van der Waals surface area contributed by atoms with Crippen LogP contribution in [0.4, 0.5) is 5.69 Å². The van der Waals surface area contributed by atoms with Crippen LogP contribution in [-0.4, -0.2) is 30.1 Å². The average molecular weight is 402 g/mol. The zero-order valence-corrected chi connectivity index (χ0v) is 17.2. The number of hydrogen-bond donors (Lipinski definition) is 2. The Hall–Kier alpha value is -2.73. The third-order valence-electron chi connectivity index (χ3n) is 4.50. The van der Waals surface area contributed by atoms with Crippen LogP contribution < -0.4 is 14.8 Å². The molecule has 0 saturated heterocycles. The normalized spacial score (nSPS) is 11.1. The molecule has 0 aliphatic heterocycles. The highest BCUT2D eigenvalue weighted by Gasteiger charge is 2.14. The van der Waals surface area contributed by atoms with E-state index in [1.54, 1.807) is 19.2 Å². The van der Waals surface area contributed by atoms with E-state index in [0.29, 0.717) is 41.0 Å². The van der Waals surface area contributed by atoms with Crippen molar-refractivity contribution in [1.29, 1.82) is 0 Å². The van der Waals surface area contributed by atoms with Gasteiger partial charge in [0.15, 0.2) is 0 Å². The van der Waals surface area contributed by atoms with Gasteiger partial charge in [-0.3, -0.25) is 4.79 Å². The molecule has 0 fully saturated rings. The zero-order valence-electron chi connectivity index (χ0n) is 16.4. The van der Waals surface area contributed by atoms with Crippen molar-refractivity contribution in [2.24, 2.45) is 0 Å². The molecule has 1 amide bonds. The van der Waals surface area contributed by atoms with Crippen molar-refractivity contribution in [2.75, 3.05) is 19.5 Å². The number of aromatic nitrogens is 2. The number of fused-ring (bicyclic) bond motifs is 1. The molecule has 0 saturated carbocycles. The molecule has 0 unspecified atom stereocenters. The molecule has 148 valence electrons. The maximum Gasteiger partial charge on any atom is 0.224 e. The van der Waals surface area contributed by atoms with E-state index in [1.165, 1.54) is 7.11 Å². The van der Waals surface area contributed by atoms with Crippen molar-refractivity contribution in [1.82, 2.24) is 9.97 Å². The van der Waals surface area contributed by atoms with E-state index in [2.05, 4.69) is 29.1 Å². The topological polar surface area (TPSA) is 76.2 Å². The van der Waals surface area contributed by atoms with Crippen LogP contribution in [0.2, 0.25) is 5.02 Å². The first-order valence-electron chi connectivity index (χ1n) is 9.11. The molecule has 1 heterocycles. The Labute approximate surface area is 169 Å². The number of amides is 1. The SMILES string of the molecule is COc1cc(Cl)c(NC(=O)CCc2ccc3nc(C(C)C)[nH]c3c2)c(OC)c1. The fourth-order valence-corrected chi connectivity index (χ4v) is 3.17. The number of nitrogens with one attached hydrogen (secondary N) is 2. The van der Waals surface area contributed by atoms with Crippen LogP contribution in [0.25, 0.3) is 11.0 Å². The van der Waals surface area contributed by atoms with E-state index < -0.39 is 0 Å². The number of hydrogen-bond acceptors (Lipinski definition) is 4. The Bertz CT molecular complexity index is 998. The summed E-state index contributed by atoms with van der Waals surface area (Å²) in [6, 6.07) is 9.34. The zero-order chi connectivity index (χ0) is 20.3. The van der Waals surface area contributed by atoms with E-state index in [-0.39, 0.29) is 5.91 Å². The van der Waals surface area contributed by atoms with Crippen molar-refractivity contribution in [2.45, 2.75) is 32.6 Å². The highest BCUT2D eigenvalue weighted by molar-refractivity contribution is 6.34. The monoisotopic (exact) mass is 401 g/mol. The van der Waals surface area contributed by atoms with Gasteiger partial charge in [0.25, 0.3) is 0 Å². The molecule has 2 N–H and O–H groups in total. The minimum absolute atomic E-state index is 0.141. The molecule has 0 radical (unpaired) electrons. The highest BCUT2D eigenvalue weighted by Crippen LogP contribution is 2.36. The number of carbonyl (C=O) groups is 1. The number of imidazole rings is 1. The summed E-state index contributed by atoms with van der Waals surface area (Å²) in [6.07, 6.45) is 0.927. The van der Waals surface area contributed by atoms with Gasteiger partial charge in [-0.25, -0.2) is 4.98 Å². The van der Waals surface area contributed by atoms with Crippen molar-refractivity contribution < 1.29 is 14.3 Å². The summed E-state index contributed by atoms with van der Waals surface area (Å²) in [5.41, 5.74) is 3.43. The molecular formula is C21H24ClN3O3. The number of aromatic amines is 1. The lowest BCUT2D eigenvalue weighted by Crippen LogP contribution is -2.13. The molecule has 0 aliphatic carbocycles. The Kier molecular flexibility index (Phi) is 6.09. The molecule has 3 aromatic rings. The number of ether oxygens (including phenoxy) is 2. The van der Waals surface area contributed by atoms with Gasteiger partial charge in [0.1, 0.15) is 23.0 Å². The first kappa shape index (κ1) is 20.0. The molecular weight excluding hydrogens is 378 g/mol. The van der Waals surface area contributed by atoms with Gasteiger partial charge in [-0.1, -0.05) is 31.5 Å². The molecule has 0 aliphatic rings. The number of methoxy groups -OCH3 is 2. The van der Waals surface area contributed by atoms with Crippen LogP contribution in [0.5, 0.6) is 11.5 Å². The van der Waals surface area contributed by atoms with Crippen LogP contribution in [0.1, 0.15) is 37.6 Å². The first-order valence-corrected chi connectivity index (χ1v) is 9.49. The minimum atomic E-state index is -0.141. The van der Waals surface area contributed by atoms with E-state index >= 15 is 0 Å². The van der Waals surface area contributed by atoms with E-state index in [4.69, 9.17) is 21.1 Å². The number of benzene rings is 2. The lowest BCUT2D eigenvalue weighted by atomic mass is 10.1. The fraction of sp³-hybridized carbons (Fsp3) is 0.333. The van der Waals surface area contributed by atoms with Gasteiger partial charge in [0.2, 0.25) is 5.91 Å². The Morgan fingerprint density at radius 3 is 2.68 bits per heavy atom. The largest absolute Gasteiger partial charge is 0.497 e. The van der Waals surface area contributed by atoms with Gasteiger partial charge in [0.05, 0.1) is 30.3 Å². The van der Waals surface area contributed by atoms with E-state index in [9.17, 15) is 4.79 Å². The third kappa shape index (κ3) is 4.39. The summed E-state index contributed by atoms with van der Waals surface area (Å²) >= 11 is 6.26. The Morgan fingerprint density at radius 2 is 2.00 bits per heavy atom. The summed E-state index contributed by atoms with van der Waals surface area (Å²) in [7, 11) is 3.07. The lowest BCUT2D eigenvalue weighted by Gasteiger charge is -2.13. The number of anilines is 1. The quantitative estimate of drug-likeness (QED) is 0.588. The van der Waals surface area contributed by atoms with Crippen LogP contribution in [0.15, 0.2) is 30.3 Å². The van der Waals surface area contributed by atoms with E-state index in [1.807, 2.05) is 18.2 Å². The number of H-pyrrole nitrogens is 1. The molecule has 28 heavy (non-hydrogen) atoms. The van der Waals surface area contributed by atoms with Crippen LogP contribution >= 0.6 is 11.6 Å². The van der Waals surface area contributed by atoms with Gasteiger partial charge in [-0.15, -0.1) is 0 Å². The number of carbonyl (C=O) groups excluding carboxylic acids is 1. The van der Waals surface area contributed by atoms with Crippen molar-refractivity contribution in [3.05, 3.63) is 46.7 Å². The predicted molar refractivity (Wildman–Crippen MR) is 112 cm³/mol. The summed E-state index contributed by atoms with van der Waals surface area (Å²) in [5, 5.41) is 3.20. The third-order valence-corrected chi connectivity index (χ3v) is 4.80. The molecule has 6 nitrogen and oxygen atoms in total. The van der Waals surface area contributed by atoms with E-state index in [0.717, 1.165) is 22.4 Å². The number of halogens is 1. The molecule has 1 aromatic heterocycles. The molecule has 7 heteroatoms. The van der Waals surface area contributed by atoms with Crippen molar-refractivity contribution in [3.63, 3.8) is 0 Å². The molecule has 0 spiro atoms. The van der Waals surface area contributed by atoms with Gasteiger partial charge >= 0.3 is 0 Å². The maximum absolute atomic E-state index is 12.4. The second kappa shape index (κ2) is 8.52. The van der Waals surface area contributed by atoms with Crippen LogP contribution in [0.3, 0.4) is 0 Å². The fourth-order valence-electron chi connectivity index (χ4n) is 2.92. The van der Waals surface area contributed by atoms with Gasteiger partial charge < -0.3 is 19.8 Å². The summed E-state index contributed by atoms with van der Waals surface area (Å²) in [4.78, 5) is 20.4. The molecule has 0 atom stereocenters. The van der Waals surface area contributed by atoms with Crippen LogP contribution in [0, 0.1) is 0 Å². The molecule has 2 aromatic carbocycles. The Morgan fingerprint density at radius 1 is 1.21 bits per heavy atom. The second-order valence-corrected chi connectivity index (χ2v) is 7.27. The number of nitrogens with zero attached hydrogens (tertiary/aromatic N) is 1. The van der Waals surface area contributed by atoms with Crippen molar-refractivity contribution in [3.8, 4) is 11.5 Å². The van der Waals surface area contributed by atoms with Gasteiger partial charge in [-0.05, 0) is 24.1 Å². The molecule has 0 bridgehead atoms. The van der Waals surface area contributed by atoms with Crippen molar-refractivity contribution >= 4 is 34.2 Å². The average Bonchev–Trinajstić information content (AvgIpc) is 3.11. The smallest absolute Gasteiger partial charge is 0.224 e. The first-order chi connectivity index (χ1) is 13.4. The molecule has 3 rings (SSSR count). The number of rotatable bonds is 7. The summed E-state index contributed by atoms with van der Waals surface area (Å²) in [5.74, 6) is 2.18. The van der Waals surface area contributed by atoms with Gasteiger partial charge in [0, 0.05) is 24.5 Å². The standard InChI is InChI=1S/C21H24ClN3O3/c1-12(2)21-23-16-7-5-13(9-17(16)24-21)6-8-19(26)25-20-15(22)10-14(27-3)11-18(20)28-4/h5,7,9-12H,6,8H2,1-4H3,(H,23,24)(H,25,26). The minimum Gasteiger partial charge on any atom is -0.497 e.